The molecule has 0 saturated heterocycles. The third kappa shape index (κ3) is 5.35. The molecule has 8 heteroatoms. The van der Waals surface area contributed by atoms with Gasteiger partial charge in [0.2, 0.25) is 11.7 Å². The molecule has 4 rings (SSSR count). The summed E-state index contributed by atoms with van der Waals surface area (Å²) in [5, 5.41) is 11.3. The van der Waals surface area contributed by atoms with Gasteiger partial charge in [0.25, 0.3) is 11.8 Å². The zero-order valence-electron chi connectivity index (χ0n) is 17.2. The molecule has 0 saturated carbocycles. The minimum atomic E-state index is -0.460. The van der Waals surface area contributed by atoms with Crippen LogP contribution in [0, 0.1) is 6.92 Å². The van der Waals surface area contributed by atoms with E-state index in [4.69, 9.17) is 4.52 Å². The Bertz CT molecular complexity index is 1250. The molecular formula is C24H20N4O3S. The fourth-order valence-corrected chi connectivity index (χ4v) is 3.59. The Morgan fingerprint density at radius 1 is 1.06 bits per heavy atom. The van der Waals surface area contributed by atoms with Crippen molar-refractivity contribution in [3.05, 3.63) is 99.7 Å². The number of rotatable bonds is 7. The maximum Gasteiger partial charge on any atom is 0.268 e. The third-order valence-corrected chi connectivity index (χ3v) is 5.32. The lowest BCUT2D eigenvalue weighted by molar-refractivity contribution is -0.118. The van der Waals surface area contributed by atoms with E-state index in [1.165, 1.54) is 11.3 Å². The van der Waals surface area contributed by atoms with Crippen LogP contribution in [0.2, 0.25) is 0 Å². The normalized spacial score (nSPS) is 11.2. The number of carbonyl (C=O) groups is 2. The number of hydrogen-bond acceptors (Lipinski definition) is 6. The number of nitrogens with zero attached hydrogens (tertiary/aromatic N) is 2. The van der Waals surface area contributed by atoms with Crippen molar-refractivity contribution < 1.29 is 14.1 Å². The van der Waals surface area contributed by atoms with Gasteiger partial charge in [0.1, 0.15) is 5.70 Å². The maximum atomic E-state index is 12.9. The summed E-state index contributed by atoms with van der Waals surface area (Å²) < 4.78 is 5.26. The van der Waals surface area contributed by atoms with Crippen molar-refractivity contribution in [3.8, 4) is 11.4 Å². The monoisotopic (exact) mass is 444 g/mol. The molecule has 32 heavy (non-hydrogen) atoms. The van der Waals surface area contributed by atoms with E-state index in [-0.39, 0.29) is 24.0 Å². The van der Waals surface area contributed by atoms with Gasteiger partial charge in [-0.2, -0.15) is 4.98 Å². The molecule has 0 radical (unpaired) electrons. The Kier molecular flexibility index (Phi) is 6.52. The molecule has 2 heterocycles. The summed E-state index contributed by atoms with van der Waals surface area (Å²) in [6.45, 7) is 2.01. The maximum absolute atomic E-state index is 12.9. The molecule has 0 bridgehead atoms. The van der Waals surface area contributed by atoms with Gasteiger partial charge in [-0.15, -0.1) is 11.3 Å². The van der Waals surface area contributed by atoms with Gasteiger partial charge in [-0.1, -0.05) is 53.2 Å². The van der Waals surface area contributed by atoms with Crippen LogP contribution < -0.4 is 10.6 Å². The molecule has 0 aliphatic heterocycles. The Balaban J connectivity index is 1.46. The number of thiophene rings is 1. The minimum Gasteiger partial charge on any atom is -0.342 e. The zero-order chi connectivity index (χ0) is 22.3. The first-order valence-electron chi connectivity index (χ1n) is 9.88. The number of hydrogen-bond donors (Lipinski definition) is 2. The van der Waals surface area contributed by atoms with Gasteiger partial charge in [0, 0.05) is 16.0 Å². The van der Waals surface area contributed by atoms with Gasteiger partial charge < -0.3 is 15.2 Å². The molecule has 2 aromatic heterocycles. The molecule has 0 fully saturated rings. The number of aryl methyl sites for hydroxylation is 1. The van der Waals surface area contributed by atoms with Crippen LogP contribution in [0.1, 0.15) is 26.7 Å². The average molecular weight is 445 g/mol. The standard InChI is InChI=1S/C24H20N4O3S/c1-16-7-5-10-18(13-16)22-27-21(31-28-22)15-25-24(30)20(14-19-11-6-12-32-19)26-23(29)17-8-3-2-4-9-17/h2-14H,15H2,1H3,(H,25,30)(H,26,29)/b20-14-. The van der Waals surface area contributed by atoms with Crippen LogP contribution in [0.25, 0.3) is 17.5 Å². The van der Waals surface area contributed by atoms with E-state index < -0.39 is 5.91 Å². The SMILES string of the molecule is Cc1cccc(-c2noc(CNC(=O)/C(=C/c3cccs3)NC(=O)c3ccccc3)n2)c1. The molecule has 0 atom stereocenters. The molecular weight excluding hydrogens is 424 g/mol. The predicted molar refractivity (Wildman–Crippen MR) is 123 cm³/mol. The summed E-state index contributed by atoms with van der Waals surface area (Å²) in [7, 11) is 0. The number of nitrogens with one attached hydrogen (secondary N) is 2. The van der Waals surface area contributed by atoms with E-state index in [9.17, 15) is 9.59 Å². The van der Waals surface area contributed by atoms with E-state index in [1.807, 2.05) is 54.8 Å². The van der Waals surface area contributed by atoms with Crippen molar-refractivity contribution in [2.75, 3.05) is 0 Å². The van der Waals surface area contributed by atoms with Gasteiger partial charge in [0.05, 0.1) is 6.54 Å². The average Bonchev–Trinajstić information content (AvgIpc) is 3.50. The van der Waals surface area contributed by atoms with Crippen molar-refractivity contribution in [3.63, 3.8) is 0 Å². The van der Waals surface area contributed by atoms with Crippen molar-refractivity contribution in [1.82, 2.24) is 20.8 Å². The van der Waals surface area contributed by atoms with Crippen molar-refractivity contribution in [1.29, 1.82) is 0 Å². The highest BCUT2D eigenvalue weighted by molar-refractivity contribution is 7.10. The lowest BCUT2D eigenvalue weighted by atomic mass is 10.1. The molecule has 7 nitrogen and oxygen atoms in total. The van der Waals surface area contributed by atoms with Crippen LogP contribution >= 0.6 is 11.3 Å². The van der Waals surface area contributed by atoms with E-state index in [0.29, 0.717) is 11.4 Å². The lowest BCUT2D eigenvalue weighted by Crippen LogP contribution is -2.34. The second-order valence-corrected chi connectivity index (χ2v) is 7.94. The Morgan fingerprint density at radius 3 is 2.66 bits per heavy atom. The smallest absolute Gasteiger partial charge is 0.268 e. The zero-order valence-corrected chi connectivity index (χ0v) is 18.1. The fourth-order valence-electron chi connectivity index (χ4n) is 2.94. The second kappa shape index (κ2) is 9.84. The molecule has 0 spiro atoms. The number of amides is 2. The number of aromatic nitrogens is 2. The summed E-state index contributed by atoms with van der Waals surface area (Å²) in [4.78, 5) is 30.6. The second-order valence-electron chi connectivity index (χ2n) is 6.96. The first-order valence-corrected chi connectivity index (χ1v) is 10.8. The summed E-state index contributed by atoms with van der Waals surface area (Å²) in [5.74, 6) is -0.120. The fraction of sp³-hybridized carbons (Fsp3) is 0.0833. The molecule has 0 unspecified atom stereocenters. The van der Waals surface area contributed by atoms with Gasteiger partial charge in [0.15, 0.2) is 0 Å². The van der Waals surface area contributed by atoms with E-state index in [0.717, 1.165) is 16.0 Å². The van der Waals surface area contributed by atoms with E-state index in [1.54, 1.807) is 30.3 Å². The Hall–Kier alpha value is -4.04. The van der Waals surface area contributed by atoms with Crippen LogP contribution in [0.5, 0.6) is 0 Å². The summed E-state index contributed by atoms with van der Waals surface area (Å²) in [6, 6.07) is 20.2. The molecule has 2 aromatic carbocycles. The van der Waals surface area contributed by atoms with Crippen LogP contribution in [0.15, 0.2) is 82.3 Å². The van der Waals surface area contributed by atoms with Crippen molar-refractivity contribution in [2.24, 2.45) is 0 Å². The highest BCUT2D eigenvalue weighted by Gasteiger charge is 2.16. The van der Waals surface area contributed by atoms with Crippen molar-refractivity contribution in [2.45, 2.75) is 13.5 Å². The highest BCUT2D eigenvalue weighted by Crippen LogP contribution is 2.17. The highest BCUT2D eigenvalue weighted by atomic mass is 32.1. The van der Waals surface area contributed by atoms with Crippen LogP contribution in [-0.2, 0) is 11.3 Å². The molecule has 160 valence electrons. The first kappa shape index (κ1) is 21.2. The third-order valence-electron chi connectivity index (χ3n) is 4.50. The van der Waals surface area contributed by atoms with Crippen molar-refractivity contribution >= 4 is 29.2 Å². The van der Waals surface area contributed by atoms with Gasteiger partial charge in [-0.3, -0.25) is 9.59 Å². The lowest BCUT2D eigenvalue weighted by Gasteiger charge is -2.10. The van der Waals surface area contributed by atoms with Gasteiger partial charge in [-0.05, 0) is 42.6 Å². The van der Waals surface area contributed by atoms with E-state index >= 15 is 0 Å². The molecule has 4 aromatic rings. The topological polar surface area (TPSA) is 97.1 Å². The summed E-state index contributed by atoms with van der Waals surface area (Å²) >= 11 is 1.46. The van der Waals surface area contributed by atoms with E-state index in [2.05, 4.69) is 20.8 Å². The largest absolute Gasteiger partial charge is 0.342 e. The van der Waals surface area contributed by atoms with Gasteiger partial charge >= 0.3 is 0 Å². The van der Waals surface area contributed by atoms with Crippen LogP contribution in [0.3, 0.4) is 0 Å². The molecule has 0 aliphatic carbocycles. The Labute approximate surface area is 188 Å². The summed E-state index contributed by atoms with van der Waals surface area (Å²) in [5.41, 5.74) is 2.50. The van der Waals surface area contributed by atoms with Crippen LogP contribution in [-0.4, -0.2) is 22.0 Å². The molecule has 2 amide bonds. The molecule has 0 aliphatic rings. The number of benzene rings is 2. The minimum absolute atomic E-state index is 0.0284. The van der Waals surface area contributed by atoms with Crippen LogP contribution in [0.4, 0.5) is 0 Å². The Morgan fingerprint density at radius 2 is 1.91 bits per heavy atom. The summed E-state index contributed by atoms with van der Waals surface area (Å²) in [6.07, 6.45) is 1.63. The quantitative estimate of drug-likeness (QED) is 0.417. The first-order chi connectivity index (χ1) is 15.6. The predicted octanol–water partition coefficient (Wildman–Crippen LogP) is 4.19. The van der Waals surface area contributed by atoms with Gasteiger partial charge in [-0.25, -0.2) is 0 Å². The molecule has 2 N–H and O–H groups in total. The number of carbonyl (C=O) groups excluding carboxylic acids is 2.